The van der Waals surface area contributed by atoms with E-state index < -0.39 is 0 Å². The molecule has 2 N–H and O–H groups in total. The van der Waals surface area contributed by atoms with E-state index in [1.165, 1.54) is 12.3 Å². The second-order valence-electron chi connectivity index (χ2n) is 1.82. The van der Waals surface area contributed by atoms with E-state index in [-0.39, 0.29) is 5.69 Å². The third-order valence-corrected chi connectivity index (χ3v) is 1.04. The van der Waals surface area contributed by atoms with Crippen LogP contribution < -0.4 is 11.2 Å². The van der Waals surface area contributed by atoms with E-state index in [1.807, 2.05) is 6.07 Å². The van der Waals surface area contributed by atoms with Crippen molar-refractivity contribution in [3.63, 3.8) is 0 Å². The minimum Gasteiger partial charge on any atom is -0.396 e. The quantitative estimate of drug-likeness (QED) is 0.472. The average molecular weight is 129 g/mol. The van der Waals surface area contributed by atoms with Crippen molar-refractivity contribution in [2.75, 3.05) is 5.73 Å². The van der Waals surface area contributed by atoms with Gasteiger partial charge < -0.3 is 5.73 Å². The summed E-state index contributed by atoms with van der Waals surface area (Å²) >= 11 is 0. The summed E-state index contributed by atoms with van der Waals surface area (Å²) in [6.07, 6.45) is 1.40. The molecule has 0 aliphatic rings. The van der Waals surface area contributed by atoms with Crippen molar-refractivity contribution in [1.82, 2.24) is 4.98 Å². The van der Waals surface area contributed by atoms with Gasteiger partial charge in [0.25, 0.3) is 0 Å². The molecule has 0 saturated heterocycles. The van der Waals surface area contributed by atoms with Crippen molar-refractivity contribution < 1.29 is 0 Å². The Morgan fingerprint density at radius 3 is 2.90 bits per heavy atom. The molecule has 3 nitrogen and oxygen atoms in total. The van der Waals surface area contributed by atoms with Crippen molar-refractivity contribution >= 4 is 19.0 Å². The highest BCUT2D eigenvalue weighted by Crippen LogP contribution is 2.01. The summed E-state index contributed by atoms with van der Waals surface area (Å²) in [6, 6.07) is 3.34. The molecule has 0 aromatic carbocycles. The number of rotatable bonds is 0. The summed E-state index contributed by atoms with van der Waals surface area (Å²) in [5, 5.41) is 8.38. The summed E-state index contributed by atoms with van der Waals surface area (Å²) in [5.74, 6) is 0. The van der Waals surface area contributed by atoms with Crippen LogP contribution in [0.3, 0.4) is 0 Å². The Labute approximate surface area is 59.9 Å². The van der Waals surface area contributed by atoms with Crippen LogP contribution in [-0.4, -0.2) is 12.8 Å². The van der Waals surface area contributed by atoms with Gasteiger partial charge in [-0.05, 0) is 6.07 Å². The van der Waals surface area contributed by atoms with Crippen LogP contribution in [0.15, 0.2) is 12.3 Å². The predicted molar refractivity (Wildman–Crippen MR) is 38.8 cm³/mol. The zero-order valence-electron chi connectivity index (χ0n) is 5.20. The summed E-state index contributed by atoms with van der Waals surface area (Å²) in [4.78, 5) is 3.69. The van der Waals surface area contributed by atoms with Gasteiger partial charge in [-0.25, -0.2) is 4.98 Å². The van der Waals surface area contributed by atoms with Crippen LogP contribution in [0.25, 0.3) is 0 Å². The Kier molecular flexibility index (Phi) is 1.59. The van der Waals surface area contributed by atoms with Gasteiger partial charge in [-0.15, -0.1) is 0 Å². The molecular formula is C6H4BN3. The number of hydrogen-bond acceptors (Lipinski definition) is 3. The Balaban J connectivity index is 3.23. The Morgan fingerprint density at radius 2 is 2.40 bits per heavy atom. The summed E-state index contributed by atoms with van der Waals surface area (Å²) in [5.41, 5.74) is 6.37. The third kappa shape index (κ3) is 1.08. The molecule has 1 aromatic rings. The van der Waals surface area contributed by atoms with Gasteiger partial charge in [0.2, 0.25) is 0 Å². The average Bonchev–Trinajstić information content (AvgIpc) is 1.88. The molecule has 0 atom stereocenters. The lowest BCUT2D eigenvalue weighted by molar-refractivity contribution is 1.28. The summed E-state index contributed by atoms with van der Waals surface area (Å²) < 4.78 is 0. The molecular weight excluding hydrogens is 125 g/mol. The first kappa shape index (κ1) is 6.62. The number of pyridine rings is 1. The maximum atomic E-state index is 8.38. The fourth-order valence-corrected chi connectivity index (χ4v) is 0.592. The second-order valence-corrected chi connectivity index (χ2v) is 1.82. The number of nitrogens with zero attached hydrogens (tertiary/aromatic N) is 2. The molecule has 0 saturated carbocycles. The SMILES string of the molecule is [B]c1cnc(C#N)c(N)c1. The molecule has 0 amide bonds. The van der Waals surface area contributed by atoms with Crippen LogP contribution in [0, 0.1) is 11.3 Å². The van der Waals surface area contributed by atoms with E-state index in [0.717, 1.165) is 0 Å². The molecule has 0 fully saturated rings. The molecule has 2 radical (unpaired) electrons. The Morgan fingerprint density at radius 1 is 1.70 bits per heavy atom. The monoisotopic (exact) mass is 129 g/mol. The second kappa shape index (κ2) is 2.40. The van der Waals surface area contributed by atoms with Gasteiger partial charge >= 0.3 is 0 Å². The molecule has 0 aliphatic heterocycles. The fraction of sp³-hybridized carbons (Fsp3) is 0. The highest BCUT2D eigenvalue weighted by atomic mass is 14.7. The van der Waals surface area contributed by atoms with Crippen LogP contribution in [0.1, 0.15) is 5.69 Å². The molecule has 0 spiro atoms. The van der Waals surface area contributed by atoms with Crippen LogP contribution >= 0.6 is 0 Å². The van der Waals surface area contributed by atoms with Crippen LogP contribution in [0.2, 0.25) is 0 Å². The van der Waals surface area contributed by atoms with Crippen molar-refractivity contribution in [3.8, 4) is 6.07 Å². The molecule has 10 heavy (non-hydrogen) atoms. The lowest BCUT2D eigenvalue weighted by Gasteiger charge is -1.95. The van der Waals surface area contributed by atoms with Crippen molar-refractivity contribution in [2.45, 2.75) is 0 Å². The van der Waals surface area contributed by atoms with Gasteiger partial charge in [0.05, 0.1) is 5.69 Å². The number of aromatic nitrogens is 1. The van der Waals surface area contributed by atoms with E-state index in [2.05, 4.69) is 4.98 Å². The standard InChI is InChI=1S/C6H4BN3/c7-4-1-5(9)6(2-8)10-3-4/h1,3H,9H2. The highest BCUT2D eigenvalue weighted by Gasteiger charge is 1.96. The molecule has 0 bridgehead atoms. The third-order valence-electron chi connectivity index (χ3n) is 1.04. The Hall–Kier alpha value is -1.50. The van der Waals surface area contributed by atoms with E-state index >= 15 is 0 Å². The molecule has 1 aromatic heterocycles. The highest BCUT2D eigenvalue weighted by molar-refractivity contribution is 6.32. The van der Waals surface area contributed by atoms with E-state index in [4.69, 9.17) is 18.8 Å². The van der Waals surface area contributed by atoms with E-state index in [0.29, 0.717) is 11.2 Å². The molecule has 46 valence electrons. The normalized spacial score (nSPS) is 8.70. The van der Waals surface area contributed by atoms with Gasteiger partial charge in [0.15, 0.2) is 5.69 Å². The minimum absolute atomic E-state index is 0.217. The molecule has 4 heteroatoms. The van der Waals surface area contributed by atoms with Crippen LogP contribution in [0.5, 0.6) is 0 Å². The smallest absolute Gasteiger partial charge is 0.163 e. The topological polar surface area (TPSA) is 62.7 Å². The maximum absolute atomic E-state index is 8.38. The Bertz CT molecular complexity index is 290. The van der Waals surface area contributed by atoms with Crippen molar-refractivity contribution in [3.05, 3.63) is 18.0 Å². The first-order valence-electron chi connectivity index (χ1n) is 2.65. The van der Waals surface area contributed by atoms with E-state index in [1.54, 1.807) is 0 Å². The first-order chi connectivity index (χ1) is 4.74. The van der Waals surface area contributed by atoms with Gasteiger partial charge in [0, 0.05) is 6.20 Å². The number of anilines is 1. The molecule has 0 aliphatic carbocycles. The number of nitrogen functional groups attached to an aromatic ring is 1. The van der Waals surface area contributed by atoms with Gasteiger partial charge in [-0.1, -0.05) is 5.46 Å². The minimum atomic E-state index is 0.217. The maximum Gasteiger partial charge on any atom is 0.163 e. The molecule has 1 rings (SSSR count). The predicted octanol–water partition coefficient (Wildman–Crippen LogP) is -0.671. The number of nitrogens with two attached hydrogens (primary N) is 1. The van der Waals surface area contributed by atoms with Crippen molar-refractivity contribution in [2.24, 2.45) is 0 Å². The molecule has 0 unspecified atom stereocenters. The first-order valence-corrected chi connectivity index (χ1v) is 2.65. The lowest BCUT2D eigenvalue weighted by Crippen LogP contribution is -2.06. The van der Waals surface area contributed by atoms with Gasteiger partial charge in [-0.2, -0.15) is 5.26 Å². The fourth-order valence-electron chi connectivity index (χ4n) is 0.592. The summed E-state index contributed by atoms with van der Waals surface area (Å²) in [6.45, 7) is 0. The zero-order chi connectivity index (χ0) is 7.56. The van der Waals surface area contributed by atoms with Crippen LogP contribution in [0.4, 0.5) is 5.69 Å². The van der Waals surface area contributed by atoms with Crippen molar-refractivity contribution in [1.29, 1.82) is 5.26 Å². The van der Waals surface area contributed by atoms with Gasteiger partial charge in [-0.3, -0.25) is 0 Å². The number of hydrogen-bond donors (Lipinski definition) is 1. The zero-order valence-corrected chi connectivity index (χ0v) is 5.20. The summed E-state index contributed by atoms with van der Waals surface area (Å²) in [7, 11) is 5.33. The number of nitriles is 1. The van der Waals surface area contributed by atoms with Crippen LogP contribution in [-0.2, 0) is 0 Å². The largest absolute Gasteiger partial charge is 0.396 e. The lowest BCUT2D eigenvalue weighted by atomic mass is 9.98. The molecule has 1 heterocycles. The van der Waals surface area contributed by atoms with E-state index in [9.17, 15) is 0 Å². The van der Waals surface area contributed by atoms with Gasteiger partial charge in [0.1, 0.15) is 13.9 Å².